The van der Waals surface area contributed by atoms with Gasteiger partial charge in [-0.15, -0.1) is 0 Å². The summed E-state index contributed by atoms with van der Waals surface area (Å²) in [5.74, 6) is -1.34. The summed E-state index contributed by atoms with van der Waals surface area (Å²) in [7, 11) is 0. The van der Waals surface area contributed by atoms with Crippen LogP contribution in [0, 0.1) is 0 Å². The number of amides is 2. The van der Waals surface area contributed by atoms with Gasteiger partial charge in [-0.05, 0) is 24.1 Å². The average Bonchev–Trinajstić information content (AvgIpc) is 3.12. The van der Waals surface area contributed by atoms with Gasteiger partial charge in [-0.3, -0.25) is 9.59 Å². The van der Waals surface area contributed by atoms with E-state index in [9.17, 15) is 14.7 Å². The lowest BCUT2D eigenvalue weighted by Crippen LogP contribution is -2.50. The summed E-state index contributed by atoms with van der Waals surface area (Å²) in [6, 6.07) is 21.2. The van der Waals surface area contributed by atoms with Gasteiger partial charge in [0.1, 0.15) is 11.2 Å². The molecule has 0 fully saturated rings. The third-order valence-corrected chi connectivity index (χ3v) is 4.94. The first-order valence-corrected chi connectivity index (χ1v) is 9.27. The molecule has 2 atom stereocenters. The van der Waals surface area contributed by atoms with Crippen molar-refractivity contribution >= 4 is 33.8 Å². The number of aliphatic hydroxyl groups is 1. The van der Waals surface area contributed by atoms with Crippen LogP contribution in [0.25, 0.3) is 21.9 Å². The van der Waals surface area contributed by atoms with E-state index in [1.165, 1.54) is 0 Å². The van der Waals surface area contributed by atoms with Crippen molar-refractivity contribution in [1.29, 1.82) is 0 Å². The minimum Gasteiger partial charge on any atom is -0.455 e. The van der Waals surface area contributed by atoms with Gasteiger partial charge in [0, 0.05) is 10.8 Å². The molecular weight excluding hydrogens is 368 g/mol. The normalized spacial score (nSPS) is 13.3. The molecule has 3 aromatic carbocycles. The first-order chi connectivity index (χ1) is 14.0. The van der Waals surface area contributed by atoms with Crippen molar-refractivity contribution in [2.24, 2.45) is 5.73 Å². The van der Waals surface area contributed by atoms with E-state index in [4.69, 9.17) is 10.2 Å². The summed E-state index contributed by atoms with van der Waals surface area (Å²) in [5.41, 5.74) is 7.61. The first kappa shape index (κ1) is 18.7. The van der Waals surface area contributed by atoms with Gasteiger partial charge >= 0.3 is 0 Å². The molecule has 4 rings (SSSR count). The number of nitrogens with one attached hydrogen (secondary N) is 1. The fraction of sp³-hybridized carbons (Fsp3) is 0.130. The van der Waals surface area contributed by atoms with Gasteiger partial charge in [-0.1, -0.05) is 60.7 Å². The standard InChI is InChI=1S/C23H20N2O4/c24-22(27)20(26)18(13-14-7-2-1-3-8-14)25-23(28)17-11-6-10-16-15-9-4-5-12-19(15)29-21(16)17/h1-12,18,20,26H,13H2,(H2,24,27)(H,25,28). The highest BCUT2D eigenvalue weighted by Crippen LogP contribution is 2.30. The number of furan rings is 1. The molecule has 0 spiro atoms. The molecule has 0 bridgehead atoms. The molecule has 146 valence electrons. The van der Waals surface area contributed by atoms with Gasteiger partial charge in [-0.25, -0.2) is 0 Å². The number of aliphatic hydroxyl groups excluding tert-OH is 1. The van der Waals surface area contributed by atoms with E-state index in [1.807, 2.05) is 60.7 Å². The van der Waals surface area contributed by atoms with E-state index in [0.717, 1.165) is 16.3 Å². The highest BCUT2D eigenvalue weighted by atomic mass is 16.3. The zero-order valence-corrected chi connectivity index (χ0v) is 15.5. The van der Waals surface area contributed by atoms with Crippen molar-refractivity contribution < 1.29 is 19.1 Å². The Hall–Kier alpha value is -3.64. The zero-order chi connectivity index (χ0) is 20.4. The molecule has 0 radical (unpaired) electrons. The second kappa shape index (κ2) is 7.77. The fourth-order valence-electron chi connectivity index (χ4n) is 3.48. The monoisotopic (exact) mass is 388 g/mol. The second-order valence-corrected chi connectivity index (χ2v) is 6.90. The molecule has 6 heteroatoms. The van der Waals surface area contributed by atoms with Crippen molar-refractivity contribution in [2.45, 2.75) is 18.6 Å². The van der Waals surface area contributed by atoms with Crippen LogP contribution in [0.4, 0.5) is 0 Å². The lowest BCUT2D eigenvalue weighted by molar-refractivity contribution is -0.127. The maximum atomic E-state index is 13.0. The Morgan fingerprint density at radius 1 is 0.931 bits per heavy atom. The van der Waals surface area contributed by atoms with Crippen LogP contribution in [0.1, 0.15) is 15.9 Å². The molecule has 0 saturated heterocycles. The highest BCUT2D eigenvalue weighted by molar-refractivity contribution is 6.13. The number of para-hydroxylation sites is 2. The van der Waals surface area contributed by atoms with E-state index in [1.54, 1.807) is 12.1 Å². The Balaban J connectivity index is 1.67. The predicted octanol–water partition coefficient (Wildman–Crippen LogP) is 2.77. The van der Waals surface area contributed by atoms with Crippen molar-refractivity contribution in [3.05, 3.63) is 83.9 Å². The van der Waals surface area contributed by atoms with Crippen molar-refractivity contribution in [3.63, 3.8) is 0 Å². The van der Waals surface area contributed by atoms with Gasteiger partial charge in [0.2, 0.25) is 5.91 Å². The number of hydrogen-bond donors (Lipinski definition) is 3. The number of primary amides is 1. The minimum absolute atomic E-state index is 0.257. The molecule has 1 aromatic heterocycles. The molecule has 2 unspecified atom stereocenters. The van der Waals surface area contributed by atoms with Gasteiger partial charge in [0.25, 0.3) is 5.91 Å². The Labute approximate surface area is 166 Å². The van der Waals surface area contributed by atoms with Crippen molar-refractivity contribution in [3.8, 4) is 0 Å². The smallest absolute Gasteiger partial charge is 0.255 e. The van der Waals surface area contributed by atoms with E-state index < -0.39 is 24.0 Å². The topological polar surface area (TPSA) is 106 Å². The molecule has 4 N–H and O–H groups in total. The summed E-state index contributed by atoms with van der Waals surface area (Å²) in [4.78, 5) is 24.6. The number of carbonyl (C=O) groups excluding carboxylic acids is 2. The molecule has 4 aromatic rings. The number of hydrogen-bond acceptors (Lipinski definition) is 4. The maximum absolute atomic E-state index is 13.0. The summed E-state index contributed by atoms with van der Waals surface area (Å²) >= 11 is 0. The maximum Gasteiger partial charge on any atom is 0.255 e. The molecule has 0 saturated carbocycles. The number of rotatable bonds is 6. The third-order valence-electron chi connectivity index (χ3n) is 4.94. The molecule has 29 heavy (non-hydrogen) atoms. The van der Waals surface area contributed by atoms with Crippen LogP contribution in [0.2, 0.25) is 0 Å². The summed E-state index contributed by atoms with van der Waals surface area (Å²) < 4.78 is 5.90. The molecule has 0 aliphatic heterocycles. The molecule has 6 nitrogen and oxygen atoms in total. The van der Waals surface area contributed by atoms with Gasteiger partial charge < -0.3 is 20.6 Å². The van der Waals surface area contributed by atoms with Crippen molar-refractivity contribution in [1.82, 2.24) is 5.32 Å². The van der Waals surface area contributed by atoms with Gasteiger partial charge in [0.15, 0.2) is 6.10 Å². The molecule has 2 amide bonds. The summed E-state index contributed by atoms with van der Waals surface area (Å²) in [5, 5.41) is 14.7. The van der Waals surface area contributed by atoms with Crippen LogP contribution < -0.4 is 11.1 Å². The quantitative estimate of drug-likeness (QED) is 0.472. The van der Waals surface area contributed by atoms with E-state index in [-0.39, 0.29) is 6.42 Å². The van der Waals surface area contributed by atoms with Crippen LogP contribution in [-0.4, -0.2) is 29.1 Å². The molecule has 0 aliphatic carbocycles. The van der Waals surface area contributed by atoms with E-state index in [0.29, 0.717) is 16.7 Å². The predicted molar refractivity (Wildman–Crippen MR) is 110 cm³/mol. The van der Waals surface area contributed by atoms with Gasteiger partial charge in [0.05, 0.1) is 11.6 Å². The zero-order valence-electron chi connectivity index (χ0n) is 15.5. The third kappa shape index (κ3) is 3.70. The van der Waals surface area contributed by atoms with Crippen LogP contribution in [0.15, 0.2) is 77.2 Å². The Kier molecular flexibility index (Phi) is 5.01. The number of benzene rings is 3. The van der Waals surface area contributed by atoms with Crippen LogP contribution in [0.3, 0.4) is 0 Å². The number of carbonyl (C=O) groups is 2. The SMILES string of the molecule is NC(=O)C(O)C(Cc1ccccc1)NC(=O)c1cccc2c1oc1ccccc12. The van der Waals surface area contributed by atoms with E-state index >= 15 is 0 Å². The average molecular weight is 388 g/mol. The molecular formula is C23H20N2O4. The number of nitrogens with two attached hydrogens (primary N) is 1. The Morgan fingerprint density at radius 2 is 1.62 bits per heavy atom. The van der Waals surface area contributed by atoms with Gasteiger partial charge in [-0.2, -0.15) is 0 Å². The van der Waals surface area contributed by atoms with Crippen LogP contribution >= 0.6 is 0 Å². The Morgan fingerprint density at radius 3 is 2.38 bits per heavy atom. The second-order valence-electron chi connectivity index (χ2n) is 6.90. The van der Waals surface area contributed by atoms with E-state index in [2.05, 4.69) is 5.32 Å². The minimum atomic E-state index is -1.52. The lowest BCUT2D eigenvalue weighted by atomic mass is 10.00. The highest BCUT2D eigenvalue weighted by Gasteiger charge is 2.27. The summed E-state index contributed by atoms with van der Waals surface area (Å²) in [6.07, 6.45) is -1.26. The largest absolute Gasteiger partial charge is 0.455 e. The summed E-state index contributed by atoms with van der Waals surface area (Å²) in [6.45, 7) is 0. The van der Waals surface area contributed by atoms with Crippen LogP contribution in [0.5, 0.6) is 0 Å². The molecule has 0 aliphatic rings. The van der Waals surface area contributed by atoms with Crippen LogP contribution in [-0.2, 0) is 11.2 Å². The number of fused-ring (bicyclic) bond motifs is 3. The molecule has 1 heterocycles. The Bertz CT molecular complexity index is 1180. The lowest BCUT2D eigenvalue weighted by Gasteiger charge is -2.22. The van der Waals surface area contributed by atoms with Crippen molar-refractivity contribution in [2.75, 3.05) is 0 Å². The first-order valence-electron chi connectivity index (χ1n) is 9.27. The fourth-order valence-corrected chi connectivity index (χ4v) is 3.48.